The van der Waals surface area contributed by atoms with E-state index in [-0.39, 0.29) is 12.4 Å². The molecular weight excluding hydrogens is 348 g/mol. The van der Waals surface area contributed by atoms with Crippen LogP contribution in [0.15, 0.2) is 36.7 Å². The van der Waals surface area contributed by atoms with Crippen molar-refractivity contribution in [3.05, 3.63) is 53.6 Å². The van der Waals surface area contributed by atoms with Gasteiger partial charge < -0.3 is 5.32 Å². The summed E-state index contributed by atoms with van der Waals surface area (Å²) in [6.45, 7) is 6.08. The molecule has 26 heavy (non-hydrogen) atoms. The molecule has 6 nitrogen and oxygen atoms in total. The number of aryl methyl sites for hydroxylation is 1. The Morgan fingerprint density at radius 3 is 2.85 bits per heavy atom. The van der Waals surface area contributed by atoms with Crippen molar-refractivity contribution in [3.63, 3.8) is 0 Å². The Morgan fingerprint density at radius 1 is 1.23 bits per heavy atom. The first-order chi connectivity index (χ1) is 12.3. The molecule has 3 aromatic rings. The lowest BCUT2D eigenvalue weighted by atomic mass is 10.0. The highest BCUT2D eigenvalue weighted by atomic mass is 35.5. The summed E-state index contributed by atoms with van der Waals surface area (Å²) in [6, 6.07) is 8.89. The maximum atomic E-state index is 4.43. The summed E-state index contributed by atoms with van der Waals surface area (Å²) in [5, 5.41) is 12.0. The van der Waals surface area contributed by atoms with Gasteiger partial charge in [-0.3, -0.25) is 15.0 Å². The van der Waals surface area contributed by atoms with Gasteiger partial charge in [0.15, 0.2) is 5.65 Å². The molecule has 0 amide bonds. The molecule has 1 aliphatic rings. The molecule has 0 saturated carbocycles. The molecule has 0 spiro atoms. The van der Waals surface area contributed by atoms with Crippen LogP contribution in [-0.4, -0.2) is 44.2 Å². The van der Waals surface area contributed by atoms with Crippen molar-refractivity contribution in [1.29, 1.82) is 0 Å². The number of nitrogens with zero attached hydrogens (tertiary/aromatic N) is 4. The Labute approximate surface area is 159 Å². The van der Waals surface area contributed by atoms with Crippen molar-refractivity contribution in [2.75, 3.05) is 13.1 Å². The van der Waals surface area contributed by atoms with E-state index in [1.165, 1.54) is 18.4 Å². The molecular formula is C19H25ClN6. The van der Waals surface area contributed by atoms with E-state index in [4.69, 9.17) is 0 Å². The Hall–Kier alpha value is -2.02. The van der Waals surface area contributed by atoms with Gasteiger partial charge in [0.1, 0.15) is 0 Å². The van der Waals surface area contributed by atoms with Crippen molar-refractivity contribution < 1.29 is 0 Å². The second kappa shape index (κ2) is 8.58. The van der Waals surface area contributed by atoms with Gasteiger partial charge in [-0.2, -0.15) is 5.10 Å². The van der Waals surface area contributed by atoms with Gasteiger partial charge in [-0.25, -0.2) is 4.98 Å². The number of hydrogen-bond donors (Lipinski definition) is 2. The van der Waals surface area contributed by atoms with Gasteiger partial charge in [0, 0.05) is 55.7 Å². The summed E-state index contributed by atoms with van der Waals surface area (Å²) in [5.74, 6) is 0. The van der Waals surface area contributed by atoms with E-state index in [0.29, 0.717) is 6.04 Å². The average Bonchev–Trinajstić information content (AvgIpc) is 3.03. The van der Waals surface area contributed by atoms with Crippen LogP contribution in [0.2, 0.25) is 0 Å². The number of halogens is 1. The number of fused-ring (bicyclic) bond motifs is 1. The van der Waals surface area contributed by atoms with Crippen molar-refractivity contribution in [1.82, 2.24) is 30.4 Å². The lowest BCUT2D eigenvalue weighted by Crippen LogP contribution is -2.41. The van der Waals surface area contributed by atoms with Gasteiger partial charge >= 0.3 is 0 Å². The zero-order valence-electron chi connectivity index (χ0n) is 15.0. The van der Waals surface area contributed by atoms with Crippen LogP contribution in [-0.2, 0) is 13.1 Å². The molecule has 0 aliphatic carbocycles. The molecule has 2 N–H and O–H groups in total. The van der Waals surface area contributed by atoms with E-state index in [9.17, 15) is 0 Å². The molecule has 0 bridgehead atoms. The summed E-state index contributed by atoms with van der Waals surface area (Å²) in [6.07, 6.45) is 6.14. The van der Waals surface area contributed by atoms with Crippen LogP contribution in [0.4, 0.5) is 0 Å². The van der Waals surface area contributed by atoms with E-state index >= 15 is 0 Å². The molecule has 138 valence electrons. The standard InChI is InChI=1S/C19H24N6.ClH/c1-14-18-10-15(12-22-19(18)24-23-14)11-21-16-5-8-25(9-6-16)13-17-4-2-3-7-20-17;/h2-4,7,10,12,16,21H,5-6,8-9,11,13H2,1H3,(H,22,23,24);1H. The second-order valence-electron chi connectivity index (χ2n) is 6.82. The van der Waals surface area contributed by atoms with Gasteiger partial charge in [-0.1, -0.05) is 6.07 Å². The summed E-state index contributed by atoms with van der Waals surface area (Å²) in [4.78, 5) is 11.3. The van der Waals surface area contributed by atoms with Gasteiger partial charge in [0.2, 0.25) is 0 Å². The van der Waals surface area contributed by atoms with Gasteiger partial charge in [0.25, 0.3) is 0 Å². The predicted octanol–water partition coefficient (Wildman–Crippen LogP) is 2.84. The number of aromatic nitrogens is 4. The Balaban J connectivity index is 0.00000196. The Kier molecular flexibility index (Phi) is 6.19. The molecule has 3 aromatic heterocycles. The van der Waals surface area contributed by atoms with Crippen LogP contribution in [0, 0.1) is 6.92 Å². The molecule has 0 radical (unpaired) electrons. The van der Waals surface area contributed by atoms with E-state index in [0.717, 1.165) is 48.6 Å². The lowest BCUT2D eigenvalue weighted by molar-refractivity contribution is 0.188. The minimum Gasteiger partial charge on any atom is -0.310 e. The van der Waals surface area contributed by atoms with Crippen molar-refractivity contribution in [2.24, 2.45) is 0 Å². The number of likely N-dealkylation sites (tertiary alicyclic amines) is 1. The largest absolute Gasteiger partial charge is 0.310 e. The highest BCUT2D eigenvalue weighted by molar-refractivity contribution is 5.85. The Morgan fingerprint density at radius 2 is 2.08 bits per heavy atom. The molecule has 1 fully saturated rings. The fraction of sp³-hybridized carbons (Fsp3) is 0.421. The summed E-state index contributed by atoms with van der Waals surface area (Å²) < 4.78 is 0. The van der Waals surface area contributed by atoms with Gasteiger partial charge in [0.05, 0.1) is 5.69 Å². The second-order valence-corrected chi connectivity index (χ2v) is 6.82. The fourth-order valence-electron chi connectivity index (χ4n) is 3.44. The normalized spacial score (nSPS) is 15.9. The van der Waals surface area contributed by atoms with Crippen LogP contribution in [0.1, 0.15) is 29.8 Å². The first-order valence-electron chi connectivity index (χ1n) is 8.93. The zero-order chi connectivity index (χ0) is 17.1. The number of piperidine rings is 1. The highest BCUT2D eigenvalue weighted by Crippen LogP contribution is 2.16. The van der Waals surface area contributed by atoms with Crippen LogP contribution >= 0.6 is 12.4 Å². The average molecular weight is 373 g/mol. The maximum absolute atomic E-state index is 4.43. The third kappa shape index (κ3) is 4.38. The monoisotopic (exact) mass is 372 g/mol. The number of pyridine rings is 2. The smallest absolute Gasteiger partial charge is 0.181 e. The third-order valence-corrected chi connectivity index (χ3v) is 4.95. The number of aromatic amines is 1. The summed E-state index contributed by atoms with van der Waals surface area (Å²) in [7, 11) is 0. The first kappa shape index (κ1) is 18.8. The topological polar surface area (TPSA) is 69.7 Å². The minimum absolute atomic E-state index is 0. The predicted molar refractivity (Wildman–Crippen MR) is 105 cm³/mol. The molecule has 1 aliphatic heterocycles. The van der Waals surface area contributed by atoms with E-state index in [2.05, 4.69) is 48.6 Å². The molecule has 4 heterocycles. The highest BCUT2D eigenvalue weighted by Gasteiger charge is 2.19. The van der Waals surface area contributed by atoms with Crippen LogP contribution in [0.25, 0.3) is 11.0 Å². The SMILES string of the molecule is Cc1[nH]nc2ncc(CNC3CCN(Cc4ccccn4)CC3)cc12.Cl. The van der Waals surface area contributed by atoms with Gasteiger partial charge in [-0.05, 0) is 43.5 Å². The van der Waals surface area contributed by atoms with E-state index in [1.807, 2.05) is 25.4 Å². The van der Waals surface area contributed by atoms with Crippen LogP contribution < -0.4 is 5.32 Å². The molecule has 0 atom stereocenters. The van der Waals surface area contributed by atoms with Crippen LogP contribution in [0.5, 0.6) is 0 Å². The molecule has 0 unspecified atom stereocenters. The summed E-state index contributed by atoms with van der Waals surface area (Å²) >= 11 is 0. The molecule has 4 rings (SSSR count). The molecule has 0 aromatic carbocycles. The molecule has 1 saturated heterocycles. The van der Waals surface area contributed by atoms with E-state index in [1.54, 1.807) is 0 Å². The maximum Gasteiger partial charge on any atom is 0.181 e. The number of nitrogens with one attached hydrogen (secondary N) is 2. The number of hydrogen-bond acceptors (Lipinski definition) is 5. The Bertz CT molecular complexity index is 826. The summed E-state index contributed by atoms with van der Waals surface area (Å²) in [5.41, 5.74) is 4.24. The van der Waals surface area contributed by atoms with Crippen molar-refractivity contribution >= 4 is 23.4 Å². The molecule has 7 heteroatoms. The lowest BCUT2D eigenvalue weighted by Gasteiger charge is -2.32. The number of rotatable bonds is 5. The fourth-order valence-corrected chi connectivity index (χ4v) is 3.44. The quantitative estimate of drug-likeness (QED) is 0.720. The third-order valence-electron chi connectivity index (χ3n) is 4.95. The van der Waals surface area contributed by atoms with Crippen molar-refractivity contribution in [3.8, 4) is 0 Å². The van der Waals surface area contributed by atoms with Crippen molar-refractivity contribution in [2.45, 2.75) is 38.9 Å². The zero-order valence-corrected chi connectivity index (χ0v) is 15.8. The first-order valence-corrected chi connectivity index (χ1v) is 8.93. The van der Waals surface area contributed by atoms with E-state index < -0.39 is 0 Å². The van der Waals surface area contributed by atoms with Gasteiger partial charge in [-0.15, -0.1) is 12.4 Å². The minimum atomic E-state index is 0. The van der Waals surface area contributed by atoms with Crippen LogP contribution in [0.3, 0.4) is 0 Å². The number of H-pyrrole nitrogens is 1.